The van der Waals surface area contributed by atoms with Crippen LogP contribution in [0.25, 0.3) is 0 Å². The first-order valence-electron chi connectivity index (χ1n) is 2.61. The maximum atomic E-state index is 8.60. The quantitative estimate of drug-likeness (QED) is 0.578. The van der Waals surface area contributed by atoms with Crippen molar-refractivity contribution in [2.24, 2.45) is 0 Å². The average Bonchev–Trinajstić information content (AvgIpc) is 2.14. The van der Waals surface area contributed by atoms with Crippen molar-refractivity contribution in [2.45, 2.75) is 13.2 Å². The van der Waals surface area contributed by atoms with E-state index in [9.17, 15) is 0 Å². The molecule has 0 unspecified atom stereocenters. The van der Waals surface area contributed by atoms with Crippen molar-refractivity contribution in [1.29, 1.82) is 0 Å². The number of hydrogen-bond donors (Lipinski definition) is 2. The summed E-state index contributed by atoms with van der Waals surface area (Å²) in [4.78, 5) is 1.10. The van der Waals surface area contributed by atoms with Crippen LogP contribution in [0.3, 0.4) is 0 Å². The highest BCUT2D eigenvalue weighted by molar-refractivity contribution is 7.10. The van der Waals surface area contributed by atoms with Gasteiger partial charge in [0, 0.05) is 10.4 Å². The van der Waals surface area contributed by atoms with Gasteiger partial charge in [-0.1, -0.05) is 0 Å². The first kappa shape index (κ1) is 6.74. The molecule has 0 aliphatic heterocycles. The van der Waals surface area contributed by atoms with Gasteiger partial charge in [-0.3, -0.25) is 0 Å². The molecule has 2 nitrogen and oxygen atoms in total. The second kappa shape index (κ2) is 2.47. The van der Waals surface area contributed by atoms with Gasteiger partial charge in [0.25, 0.3) is 0 Å². The lowest BCUT2D eigenvalue weighted by atomic mass is 10.3. The number of thiophene rings is 1. The largest absolute Gasteiger partial charge is 0.364 e. The van der Waals surface area contributed by atoms with Crippen LogP contribution in [-0.2, 0) is 0 Å². The van der Waals surface area contributed by atoms with Gasteiger partial charge in [0.2, 0.25) is 0 Å². The van der Waals surface area contributed by atoms with Gasteiger partial charge in [-0.2, -0.15) is 0 Å². The zero-order valence-electron chi connectivity index (χ0n) is 5.03. The van der Waals surface area contributed by atoms with Crippen molar-refractivity contribution in [2.75, 3.05) is 0 Å². The maximum Gasteiger partial charge on any atom is 0.179 e. The molecule has 0 aliphatic rings. The average molecular weight is 144 g/mol. The minimum Gasteiger partial charge on any atom is -0.364 e. The Balaban J connectivity index is 2.85. The fourth-order valence-corrected chi connectivity index (χ4v) is 1.31. The van der Waals surface area contributed by atoms with Gasteiger partial charge in [-0.15, -0.1) is 11.3 Å². The molecule has 0 bridgehead atoms. The molecule has 50 valence electrons. The summed E-state index contributed by atoms with van der Waals surface area (Å²) in [5.41, 5.74) is 0.581. The van der Waals surface area contributed by atoms with Gasteiger partial charge in [0.05, 0.1) is 0 Å². The minimum atomic E-state index is -1.31. The Morgan fingerprint density at radius 1 is 1.56 bits per heavy atom. The number of hydrogen-bond acceptors (Lipinski definition) is 3. The molecule has 0 spiro atoms. The second-order valence-electron chi connectivity index (χ2n) is 1.86. The molecule has 0 aliphatic carbocycles. The van der Waals surface area contributed by atoms with Gasteiger partial charge in [-0.25, -0.2) is 0 Å². The van der Waals surface area contributed by atoms with Crippen molar-refractivity contribution in [3.63, 3.8) is 0 Å². The second-order valence-corrected chi connectivity index (χ2v) is 2.98. The fraction of sp³-hybridized carbons (Fsp3) is 0.333. The van der Waals surface area contributed by atoms with Crippen LogP contribution >= 0.6 is 11.3 Å². The van der Waals surface area contributed by atoms with E-state index in [-0.39, 0.29) is 0 Å². The molecular formula is C6H8O2S. The molecule has 1 rings (SSSR count). The van der Waals surface area contributed by atoms with Gasteiger partial charge in [0.1, 0.15) is 0 Å². The van der Waals surface area contributed by atoms with Crippen LogP contribution in [0.5, 0.6) is 0 Å². The molecule has 1 aromatic rings. The van der Waals surface area contributed by atoms with E-state index >= 15 is 0 Å². The molecule has 0 atom stereocenters. The number of aryl methyl sites for hydroxylation is 1. The van der Waals surface area contributed by atoms with E-state index in [0.29, 0.717) is 5.56 Å². The topological polar surface area (TPSA) is 40.5 Å². The third kappa shape index (κ3) is 1.51. The fourth-order valence-electron chi connectivity index (χ4n) is 0.599. The van der Waals surface area contributed by atoms with Crippen LogP contribution < -0.4 is 0 Å². The first-order chi connectivity index (χ1) is 4.20. The Hall–Kier alpha value is -0.380. The summed E-state index contributed by atoms with van der Waals surface area (Å²) in [6.45, 7) is 1.93. The Morgan fingerprint density at radius 2 is 2.22 bits per heavy atom. The molecule has 0 amide bonds. The van der Waals surface area contributed by atoms with Crippen molar-refractivity contribution in [1.82, 2.24) is 0 Å². The van der Waals surface area contributed by atoms with Crippen molar-refractivity contribution in [3.05, 3.63) is 21.9 Å². The molecule has 9 heavy (non-hydrogen) atoms. The monoisotopic (exact) mass is 144 g/mol. The smallest absolute Gasteiger partial charge is 0.179 e. The van der Waals surface area contributed by atoms with Gasteiger partial charge in [0.15, 0.2) is 6.29 Å². The van der Waals surface area contributed by atoms with E-state index in [4.69, 9.17) is 10.2 Å². The van der Waals surface area contributed by atoms with E-state index in [1.54, 1.807) is 11.4 Å². The molecule has 0 aromatic carbocycles. The predicted octanol–water partition coefficient (Wildman–Crippen LogP) is 1.04. The molecule has 0 radical (unpaired) electrons. The summed E-state index contributed by atoms with van der Waals surface area (Å²) in [6.07, 6.45) is -1.31. The summed E-state index contributed by atoms with van der Waals surface area (Å²) >= 11 is 1.51. The zero-order chi connectivity index (χ0) is 6.85. The first-order valence-corrected chi connectivity index (χ1v) is 3.49. The summed E-state index contributed by atoms with van der Waals surface area (Å²) in [6, 6.07) is 1.76. The third-order valence-corrected chi connectivity index (χ3v) is 1.93. The van der Waals surface area contributed by atoms with Crippen LogP contribution in [0.1, 0.15) is 16.7 Å². The Morgan fingerprint density at radius 3 is 2.44 bits per heavy atom. The standard InChI is InChI=1S/C6H8O2S/c1-4-2-5(3-9-4)6(7)8/h2-3,6-8H,1H3. The van der Waals surface area contributed by atoms with Crippen molar-refractivity contribution < 1.29 is 10.2 Å². The SMILES string of the molecule is Cc1cc(C(O)O)cs1. The van der Waals surface area contributed by atoms with Gasteiger partial charge < -0.3 is 10.2 Å². The number of aliphatic hydroxyl groups is 2. The maximum absolute atomic E-state index is 8.60. The van der Waals surface area contributed by atoms with E-state index in [1.807, 2.05) is 6.92 Å². The van der Waals surface area contributed by atoms with E-state index in [2.05, 4.69) is 0 Å². The highest BCUT2D eigenvalue weighted by Crippen LogP contribution is 2.17. The lowest BCUT2D eigenvalue weighted by Gasteiger charge is -1.95. The van der Waals surface area contributed by atoms with Crippen LogP contribution in [-0.4, -0.2) is 10.2 Å². The van der Waals surface area contributed by atoms with E-state index in [0.717, 1.165) is 4.88 Å². The summed E-state index contributed by atoms with van der Waals surface area (Å²) < 4.78 is 0. The summed E-state index contributed by atoms with van der Waals surface area (Å²) in [5, 5.41) is 18.9. The Labute approximate surface area is 57.4 Å². The highest BCUT2D eigenvalue weighted by Gasteiger charge is 2.02. The molecule has 0 fully saturated rings. The van der Waals surface area contributed by atoms with Crippen molar-refractivity contribution >= 4 is 11.3 Å². The van der Waals surface area contributed by atoms with Crippen LogP contribution in [0, 0.1) is 6.92 Å². The zero-order valence-corrected chi connectivity index (χ0v) is 5.85. The number of aliphatic hydroxyl groups excluding tert-OH is 1. The number of rotatable bonds is 1. The molecule has 3 heteroatoms. The van der Waals surface area contributed by atoms with Crippen molar-refractivity contribution in [3.8, 4) is 0 Å². The third-order valence-electron chi connectivity index (χ3n) is 1.05. The van der Waals surface area contributed by atoms with E-state index < -0.39 is 6.29 Å². The van der Waals surface area contributed by atoms with Crippen LogP contribution in [0.2, 0.25) is 0 Å². The van der Waals surface area contributed by atoms with E-state index in [1.165, 1.54) is 11.3 Å². The molecule has 1 heterocycles. The lowest BCUT2D eigenvalue weighted by molar-refractivity contribution is -0.0421. The molecule has 0 saturated carbocycles. The Kier molecular flexibility index (Phi) is 1.85. The van der Waals surface area contributed by atoms with Gasteiger partial charge in [-0.05, 0) is 18.4 Å². The lowest BCUT2D eigenvalue weighted by Crippen LogP contribution is -1.90. The molecule has 0 saturated heterocycles. The van der Waals surface area contributed by atoms with Crippen LogP contribution in [0.4, 0.5) is 0 Å². The molecular weight excluding hydrogens is 136 g/mol. The van der Waals surface area contributed by atoms with Crippen LogP contribution in [0.15, 0.2) is 11.4 Å². The minimum absolute atomic E-state index is 0.581. The van der Waals surface area contributed by atoms with Gasteiger partial charge >= 0.3 is 0 Å². The highest BCUT2D eigenvalue weighted by atomic mass is 32.1. The molecule has 2 N–H and O–H groups in total. The summed E-state index contributed by atoms with van der Waals surface area (Å²) in [5.74, 6) is 0. The predicted molar refractivity (Wildman–Crippen MR) is 36.2 cm³/mol. The molecule has 1 aromatic heterocycles. The summed E-state index contributed by atoms with van der Waals surface area (Å²) in [7, 11) is 0. The Bertz CT molecular complexity index is 193. The normalized spacial score (nSPS) is 10.7.